The maximum atomic E-state index is 13.4. The minimum Gasteiger partial charge on any atom is -0.497 e. The van der Waals surface area contributed by atoms with Crippen LogP contribution in [0, 0.1) is 11.6 Å². The normalized spacial score (nSPS) is 10.8. The lowest BCUT2D eigenvalue weighted by Crippen LogP contribution is -2.14. The van der Waals surface area contributed by atoms with Crippen LogP contribution in [0.5, 0.6) is 5.75 Å². The van der Waals surface area contributed by atoms with Gasteiger partial charge in [-0.3, -0.25) is 9.36 Å². The van der Waals surface area contributed by atoms with E-state index in [0.29, 0.717) is 11.0 Å². The zero-order chi connectivity index (χ0) is 21.8. The van der Waals surface area contributed by atoms with Crippen molar-refractivity contribution < 1.29 is 18.3 Å². The first-order chi connectivity index (χ1) is 15.0. The monoisotopic (exact) mass is 458 g/mol. The highest BCUT2D eigenvalue weighted by Gasteiger charge is 2.18. The number of thioether (sulfide) groups is 1. The van der Waals surface area contributed by atoms with Crippen molar-refractivity contribution in [3.63, 3.8) is 0 Å². The predicted molar refractivity (Wildman–Crippen MR) is 117 cm³/mol. The van der Waals surface area contributed by atoms with Crippen LogP contribution in [-0.2, 0) is 4.79 Å². The minimum atomic E-state index is -1.02. The Morgan fingerprint density at radius 2 is 1.94 bits per heavy atom. The molecule has 6 nitrogen and oxygen atoms in total. The first-order valence-corrected chi connectivity index (χ1v) is 10.9. The number of aromatic nitrogens is 3. The van der Waals surface area contributed by atoms with Crippen LogP contribution < -0.4 is 10.1 Å². The average Bonchev–Trinajstić information content (AvgIpc) is 3.44. The molecule has 0 aliphatic rings. The van der Waals surface area contributed by atoms with E-state index in [-0.39, 0.29) is 17.3 Å². The van der Waals surface area contributed by atoms with Crippen molar-refractivity contribution in [2.45, 2.75) is 5.16 Å². The Labute approximate surface area is 184 Å². The molecule has 2 aromatic carbocycles. The predicted octanol–water partition coefficient (Wildman–Crippen LogP) is 5.01. The summed E-state index contributed by atoms with van der Waals surface area (Å²) in [5, 5.41) is 13.6. The molecule has 2 aromatic heterocycles. The Balaban J connectivity index is 1.56. The van der Waals surface area contributed by atoms with Crippen LogP contribution in [-0.4, -0.2) is 33.5 Å². The molecule has 1 amide bonds. The molecule has 0 aliphatic carbocycles. The quantitative estimate of drug-likeness (QED) is 0.394. The number of hydrogen-bond donors (Lipinski definition) is 1. The van der Waals surface area contributed by atoms with Crippen molar-refractivity contribution >= 4 is 34.7 Å². The highest BCUT2D eigenvalue weighted by molar-refractivity contribution is 7.99. The Morgan fingerprint density at radius 1 is 1.13 bits per heavy atom. The second-order valence-electron chi connectivity index (χ2n) is 6.28. The molecular formula is C21H16F2N4O2S2. The van der Waals surface area contributed by atoms with Gasteiger partial charge in [0.25, 0.3) is 0 Å². The van der Waals surface area contributed by atoms with Crippen LogP contribution in [0.3, 0.4) is 0 Å². The van der Waals surface area contributed by atoms with Gasteiger partial charge >= 0.3 is 0 Å². The summed E-state index contributed by atoms with van der Waals surface area (Å²) in [5.41, 5.74) is 0.998. The summed E-state index contributed by atoms with van der Waals surface area (Å²) in [7, 11) is 1.59. The number of thiophene rings is 1. The fraction of sp³-hybridized carbons (Fsp3) is 0.0952. The number of carbonyl (C=O) groups is 1. The molecule has 2 heterocycles. The van der Waals surface area contributed by atoms with E-state index in [1.807, 2.05) is 46.3 Å². The smallest absolute Gasteiger partial charge is 0.234 e. The van der Waals surface area contributed by atoms with Crippen LogP contribution >= 0.6 is 23.1 Å². The molecule has 0 unspecified atom stereocenters. The number of hydrogen-bond acceptors (Lipinski definition) is 6. The zero-order valence-electron chi connectivity index (χ0n) is 16.2. The number of nitrogens with zero attached hydrogens (tertiary/aromatic N) is 3. The number of ether oxygens (including phenoxy) is 1. The van der Waals surface area contributed by atoms with E-state index in [1.54, 1.807) is 7.11 Å². The summed E-state index contributed by atoms with van der Waals surface area (Å²) in [5.74, 6) is -0.986. The average molecular weight is 459 g/mol. The van der Waals surface area contributed by atoms with E-state index >= 15 is 0 Å². The molecular weight excluding hydrogens is 442 g/mol. The third-order valence-electron chi connectivity index (χ3n) is 4.24. The number of anilines is 1. The fourth-order valence-corrected chi connectivity index (χ4v) is 4.24. The lowest BCUT2D eigenvalue weighted by atomic mass is 10.3. The first-order valence-electron chi connectivity index (χ1n) is 9.06. The first kappa shape index (κ1) is 21.0. The second kappa shape index (κ2) is 9.27. The highest BCUT2D eigenvalue weighted by atomic mass is 32.2. The van der Waals surface area contributed by atoms with Gasteiger partial charge in [0.1, 0.15) is 5.75 Å². The Kier molecular flexibility index (Phi) is 6.28. The number of nitrogens with one attached hydrogen (secondary N) is 1. The van der Waals surface area contributed by atoms with Gasteiger partial charge in [-0.2, -0.15) is 0 Å². The minimum absolute atomic E-state index is 0.0116. The van der Waals surface area contributed by atoms with Gasteiger partial charge in [0, 0.05) is 11.8 Å². The Hall–Kier alpha value is -3.24. The molecule has 0 saturated carbocycles. The van der Waals surface area contributed by atoms with E-state index in [2.05, 4.69) is 15.5 Å². The maximum absolute atomic E-state index is 13.4. The van der Waals surface area contributed by atoms with E-state index in [9.17, 15) is 13.6 Å². The number of amides is 1. The van der Waals surface area contributed by atoms with E-state index in [1.165, 1.54) is 29.2 Å². The number of halogens is 2. The molecule has 4 aromatic rings. The van der Waals surface area contributed by atoms with Crippen molar-refractivity contribution in [3.05, 3.63) is 71.6 Å². The van der Waals surface area contributed by atoms with Gasteiger partial charge in [0.2, 0.25) is 5.91 Å². The molecule has 0 atom stereocenters. The number of rotatable bonds is 7. The topological polar surface area (TPSA) is 69.0 Å². The van der Waals surface area contributed by atoms with E-state index in [4.69, 9.17) is 4.74 Å². The third-order valence-corrected chi connectivity index (χ3v) is 6.04. The Morgan fingerprint density at radius 3 is 2.61 bits per heavy atom. The molecule has 10 heteroatoms. The van der Waals surface area contributed by atoms with Crippen molar-refractivity contribution in [2.75, 3.05) is 18.2 Å². The van der Waals surface area contributed by atoms with Crippen LogP contribution in [0.1, 0.15) is 0 Å². The van der Waals surface area contributed by atoms with Crippen LogP contribution in [0.2, 0.25) is 0 Å². The molecule has 31 heavy (non-hydrogen) atoms. The molecule has 0 spiro atoms. The summed E-state index contributed by atoms with van der Waals surface area (Å²) in [6.07, 6.45) is 0. The number of methoxy groups -OCH3 is 1. The molecule has 4 rings (SSSR count). The SMILES string of the molecule is COc1ccc(-n2c(SCC(=O)Nc3ccc(F)c(F)c3)nnc2-c2cccs2)cc1. The summed E-state index contributed by atoms with van der Waals surface area (Å²) in [4.78, 5) is 13.3. The lowest BCUT2D eigenvalue weighted by Gasteiger charge is -2.10. The van der Waals surface area contributed by atoms with Crippen LogP contribution in [0.4, 0.5) is 14.5 Å². The Bertz CT molecular complexity index is 1190. The molecule has 0 radical (unpaired) electrons. The van der Waals surface area contributed by atoms with E-state index < -0.39 is 11.6 Å². The third kappa shape index (κ3) is 4.75. The van der Waals surface area contributed by atoms with Gasteiger partial charge in [0.15, 0.2) is 22.6 Å². The zero-order valence-corrected chi connectivity index (χ0v) is 17.8. The second-order valence-corrected chi connectivity index (χ2v) is 8.17. The van der Waals surface area contributed by atoms with Crippen molar-refractivity contribution in [2.24, 2.45) is 0 Å². The largest absolute Gasteiger partial charge is 0.497 e. The van der Waals surface area contributed by atoms with Gasteiger partial charge in [-0.25, -0.2) is 8.78 Å². The maximum Gasteiger partial charge on any atom is 0.234 e. The van der Waals surface area contributed by atoms with Gasteiger partial charge in [0.05, 0.1) is 23.4 Å². The summed E-state index contributed by atoms with van der Waals surface area (Å²) in [6, 6.07) is 14.5. The summed E-state index contributed by atoms with van der Waals surface area (Å²) >= 11 is 2.72. The van der Waals surface area contributed by atoms with Gasteiger partial charge < -0.3 is 10.1 Å². The molecule has 1 N–H and O–H groups in total. The van der Waals surface area contributed by atoms with Crippen LogP contribution in [0.25, 0.3) is 16.4 Å². The molecule has 0 aliphatic heterocycles. The fourth-order valence-electron chi connectivity index (χ4n) is 2.79. The van der Waals surface area contributed by atoms with E-state index in [0.717, 1.165) is 28.4 Å². The molecule has 0 fully saturated rings. The van der Waals surface area contributed by atoms with Gasteiger partial charge in [-0.1, -0.05) is 17.8 Å². The highest BCUT2D eigenvalue weighted by Crippen LogP contribution is 2.31. The standard InChI is InChI=1S/C21H16F2N4O2S2/c1-29-15-7-5-14(6-8-15)27-20(18-3-2-10-30-18)25-26-21(27)31-12-19(28)24-13-4-9-16(22)17(23)11-13/h2-11H,12H2,1H3,(H,24,28). The lowest BCUT2D eigenvalue weighted by molar-refractivity contribution is -0.113. The number of carbonyl (C=O) groups excluding carboxylic acids is 1. The van der Waals surface area contributed by atoms with Crippen LogP contribution in [0.15, 0.2) is 65.1 Å². The molecule has 0 saturated heterocycles. The van der Waals surface area contributed by atoms with Gasteiger partial charge in [-0.05, 0) is 47.8 Å². The van der Waals surface area contributed by atoms with Crippen molar-refractivity contribution in [1.82, 2.24) is 14.8 Å². The number of benzene rings is 2. The van der Waals surface area contributed by atoms with Crippen molar-refractivity contribution in [1.29, 1.82) is 0 Å². The molecule has 158 valence electrons. The van der Waals surface area contributed by atoms with Gasteiger partial charge in [-0.15, -0.1) is 21.5 Å². The molecule has 0 bridgehead atoms. The summed E-state index contributed by atoms with van der Waals surface area (Å²) < 4.78 is 33.5. The van der Waals surface area contributed by atoms with Crippen molar-refractivity contribution in [3.8, 4) is 22.1 Å². The summed E-state index contributed by atoms with van der Waals surface area (Å²) in [6.45, 7) is 0.